The number of amides is 3. The summed E-state index contributed by atoms with van der Waals surface area (Å²) in [5.74, 6) is 0.667. The number of carbonyl (C=O) groups is 3. The Labute approximate surface area is 371 Å². The lowest BCUT2D eigenvalue weighted by Crippen LogP contribution is -2.52. The molecule has 2 atom stereocenters. The van der Waals surface area contributed by atoms with E-state index in [1.54, 1.807) is 40.2 Å². The SMILES string of the molecule is COc1cc2c(N[C@@H](C)c3cc(N)cc(C(F)(F)F)c3)nc(C)nc2c(CCCCCCCCCCN2CCC(c3cc(F)cc4c3CN(C3CCC(=O)NC3=O)C4=O)CC2)c1OC. The van der Waals surface area contributed by atoms with Crippen LogP contribution in [0, 0.1) is 12.7 Å². The first-order valence-corrected chi connectivity index (χ1v) is 22.5. The van der Waals surface area contributed by atoms with E-state index in [1.807, 2.05) is 0 Å². The first-order chi connectivity index (χ1) is 30.6. The highest BCUT2D eigenvalue weighted by Crippen LogP contribution is 2.42. The van der Waals surface area contributed by atoms with Crippen molar-refractivity contribution in [3.63, 3.8) is 0 Å². The third kappa shape index (κ3) is 10.5. The molecule has 0 aliphatic carbocycles. The average molecular weight is 890 g/mol. The number of hydrogen-bond acceptors (Lipinski definition) is 10. The number of hydrogen-bond donors (Lipinski definition) is 3. The number of imide groups is 1. The molecule has 1 aromatic heterocycles. The van der Waals surface area contributed by atoms with E-state index in [2.05, 4.69) is 20.5 Å². The van der Waals surface area contributed by atoms with Crippen molar-refractivity contribution in [2.45, 2.75) is 128 Å². The second-order valence-electron chi connectivity index (χ2n) is 17.5. The minimum absolute atomic E-state index is 0.0268. The van der Waals surface area contributed by atoms with Crippen LogP contribution in [0.15, 0.2) is 36.4 Å². The third-order valence-corrected chi connectivity index (χ3v) is 13.0. The number of alkyl halides is 3. The van der Waals surface area contributed by atoms with Crippen molar-refractivity contribution in [1.29, 1.82) is 0 Å². The standard InChI is InChI=1S/C48H59F4N7O5/c1-28(31-21-32(48(50,51)52)23-34(53)22-31)54-45-38-26-41(63-3)44(64-4)35(43(38)55-29(2)56-45)13-11-9-7-5-6-8-10-12-18-58-19-16-30(17-20-58)36-24-33(49)25-37-39(36)27-59(47(37)62)40-14-15-42(60)57-46(40)61/h21-26,28,30,40H,5-20,27,53H2,1-4H3,(H,54,55,56)(H,57,60,61)/t28-,40?/m0/s1. The first-order valence-electron chi connectivity index (χ1n) is 22.5. The van der Waals surface area contributed by atoms with E-state index in [4.69, 9.17) is 20.2 Å². The number of rotatable bonds is 18. The number of nitrogens with two attached hydrogens (primary N) is 1. The van der Waals surface area contributed by atoms with Crippen LogP contribution >= 0.6 is 0 Å². The summed E-state index contributed by atoms with van der Waals surface area (Å²) in [6.45, 7) is 6.64. The number of nitrogens with zero attached hydrogens (tertiary/aromatic N) is 4. The molecule has 0 radical (unpaired) electrons. The molecule has 3 aliphatic heterocycles. The van der Waals surface area contributed by atoms with Gasteiger partial charge < -0.3 is 30.3 Å². The number of likely N-dealkylation sites (tertiary alicyclic amines) is 1. The molecule has 64 heavy (non-hydrogen) atoms. The Kier molecular flexibility index (Phi) is 14.6. The molecule has 3 aromatic carbocycles. The fraction of sp³-hybridized carbons (Fsp3) is 0.521. The predicted octanol–water partition coefficient (Wildman–Crippen LogP) is 9.17. The quantitative estimate of drug-likeness (QED) is 0.0382. The maximum absolute atomic E-state index is 14.8. The van der Waals surface area contributed by atoms with Gasteiger partial charge in [-0.05, 0) is 131 Å². The summed E-state index contributed by atoms with van der Waals surface area (Å²) in [6.07, 6.45) is 7.12. The van der Waals surface area contributed by atoms with Crippen LogP contribution < -0.4 is 25.8 Å². The second-order valence-corrected chi connectivity index (χ2v) is 17.5. The molecule has 3 aliphatic rings. The average Bonchev–Trinajstić information content (AvgIpc) is 3.58. The number of ether oxygens (including phenoxy) is 2. The summed E-state index contributed by atoms with van der Waals surface area (Å²) in [5.41, 5.74) is 9.09. The number of fused-ring (bicyclic) bond motifs is 2. The highest BCUT2D eigenvalue weighted by molar-refractivity contribution is 6.05. The van der Waals surface area contributed by atoms with Crippen molar-refractivity contribution in [1.82, 2.24) is 25.1 Å². The van der Waals surface area contributed by atoms with E-state index >= 15 is 0 Å². The molecule has 4 heterocycles. The number of nitrogen functional groups attached to an aromatic ring is 1. The van der Waals surface area contributed by atoms with Gasteiger partial charge in [-0.2, -0.15) is 13.2 Å². The molecule has 12 nitrogen and oxygen atoms in total. The monoisotopic (exact) mass is 889 g/mol. The number of piperidine rings is 2. The van der Waals surface area contributed by atoms with Gasteiger partial charge in [-0.25, -0.2) is 14.4 Å². The molecule has 7 rings (SSSR count). The van der Waals surface area contributed by atoms with Crippen LogP contribution in [0.4, 0.5) is 29.1 Å². The Hall–Kier alpha value is -5.51. The van der Waals surface area contributed by atoms with Gasteiger partial charge in [-0.3, -0.25) is 19.7 Å². The van der Waals surface area contributed by atoms with Gasteiger partial charge in [0.15, 0.2) is 11.5 Å². The van der Waals surface area contributed by atoms with Crippen molar-refractivity contribution in [3.8, 4) is 11.5 Å². The largest absolute Gasteiger partial charge is 0.493 e. The number of anilines is 2. The molecule has 344 valence electrons. The Morgan fingerprint density at radius 2 is 1.61 bits per heavy atom. The Bertz CT molecular complexity index is 2370. The highest BCUT2D eigenvalue weighted by atomic mass is 19.4. The zero-order valence-corrected chi connectivity index (χ0v) is 37.1. The lowest BCUT2D eigenvalue weighted by atomic mass is 9.85. The lowest BCUT2D eigenvalue weighted by Gasteiger charge is -2.33. The lowest BCUT2D eigenvalue weighted by molar-refractivity contribution is -0.138. The molecular weight excluding hydrogens is 831 g/mol. The fourth-order valence-corrected chi connectivity index (χ4v) is 9.68. The molecular formula is C48H59F4N7O5. The van der Waals surface area contributed by atoms with E-state index in [9.17, 15) is 31.9 Å². The number of aryl methyl sites for hydroxylation is 2. The van der Waals surface area contributed by atoms with Gasteiger partial charge in [0.1, 0.15) is 23.5 Å². The van der Waals surface area contributed by atoms with Gasteiger partial charge in [-0.1, -0.05) is 38.5 Å². The fourth-order valence-electron chi connectivity index (χ4n) is 9.68. The number of halogens is 4. The van der Waals surface area contributed by atoms with Gasteiger partial charge in [0.2, 0.25) is 11.8 Å². The van der Waals surface area contributed by atoms with Crippen molar-refractivity contribution in [2.75, 3.05) is 44.9 Å². The summed E-state index contributed by atoms with van der Waals surface area (Å²) in [5, 5.41) is 6.32. The number of unbranched alkanes of at least 4 members (excludes halogenated alkanes) is 7. The molecule has 0 bridgehead atoms. The van der Waals surface area contributed by atoms with Crippen LogP contribution in [0.3, 0.4) is 0 Å². The zero-order valence-electron chi connectivity index (χ0n) is 37.1. The maximum atomic E-state index is 14.8. The number of benzene rings is 3. The van der Waals surface area contributed by atoms with E-state index in [0.717, 1.165) is 113 Å². The predicted molar refractivity (Wildman–Crippen MR) is 237 cm³/mol. The molecule has 4 aromatic rings. The topological polar surface area (TPSA) is 152 Å². The molecule has 1 unspecified atom stereocenters. The van der Waals surface area contributed by atoms with Crippen molar-refractivity contribution < 1.29 is 41.4 Å². The molecule has 2 fully saturated rings. The van der Waals surface area contributed by atoms with Crippen LogP contribution in [-0.2, 0) is 28.7 Å². The van der Waals surface area contributed by atoms with E-state index in [1.165, 1.54) is 17.0 Å². The van der Waals surface area contributed by atoms with E-state index in [0.29, 0.717) is 51.6 Å². The number of methoxy groups -OCH3 is 2. The number of aromatic nitrogens is 2. The molecule has 0 saturated carbocycles. The van der Waals surface area contributed by atoms with Crippen molar-refractivity contribution in [3.05, 3.63) is 81.4 Å². The normalized spacial score (nSPS) is 17.8. The highest BCUT2D eigenvalue weighted by Gasteiger charge is 2.41. The van der Waals surface area contributed by atoms with Crippen molar-refractivity contribution in [2.24, 2.45) is 0 Å². The molecule has 2 saturated heterocycles. The minimum atomic E-state index is -4.53. The van der Waals surface area contributed by atoms with Gasteiger partial charge in [0.05, 0.1) is 31.3 Å². The Balaban J connectivity index is 0.851. The van der Waals surface area contributed by atoms with E-state index in [-0.39, 0.29) is 42.8 Å². The van der Waals surface area contributed by atoms with Crippen LogP contribution in [0.1, 0.15) is 140 Å². The third-order valence-electron chi connectivity index (χ3n) is 13.0. The summed E-state index contributed by atoms with van der Waals surface area (Å²) in [7, 11) is 3.17. The van der Waals surface area contributed by atoms with Gasteiger partial charge in [0, 0.05) is 35.2 Å². The molecule has 0 spiro atoms. The minimum Gasteiger partial charge on any atom is -0.493 e. The van der Waals surface area contributed by atoms with Gasteiger partial charge in [0.25, 0.3) is 5.91 Å². The zero-order chi connectivity index (χ0) is 45.7. The smallest absolute Gasteiger partial charge is 0.416 e. The van der Waals surface area contributed by atoms with Crippen LogP contribution in [0.5, 0.6) is 11.5 Å². The number of carbonyl (C=O) groups excluding carboxylic acids is 3. The summed E-state index contributed by atoms with van der Waals surface area (Å²) < 4.78 is 67.2. The first kappa shape index (κ1) is 46.5. The van der Waals surface area contributed by atoms with E-state index < -0.39 is 35.5 Å². The van der Waals surface area contributed by atoms with Gasteiger partial charge in [-0.15, -0.1) is 0 Å². The summed E-state index contributed by atoms with van der Waals surface area (Å²) in [4.78, 5) is 51.0. The number of nitrogens with one attached hydrogen (secondary N) is 2. The summed E-state index contributed by atoms with van der Waals surface area (Å²) >= 11 is 0. The Morgan fingerprint density at radius 3 is 2.28 bits per heavy atom. The maximum Gasteiger partial charge on any atom is 0.416 e. The van der Waals surface area contributed by atoms with Crippen molar-refractivity contribution >= 4 is 40.1 Å². The molecule has 16 heteroatoms. The van der Waals surface area contributed by atoms with Crippen LogP contribution in [-0.4, -0.2) is 77.4 Å². The summed E-state index contributed by atoms with van der Waals surface area (Å²) in [6, 6.07) is 6.94. The second kappa shape index (κ2) is 20.1. The Morgan fingerprint density at radius 1 is 0.906 bits per heavy atom. The van der Waals surface area contributed by atoms with Crippen LogP contribution in [0.2, 0.25) is 0 Å². The molecule has 3 amide bonds. The van der Waals surface area contributed by atoms with Gasteiger partial charge >= 0.3 is 6.18 Å². The molecule has 4 N–H and O–H groups in total. The van der Waals surface area contributed by atoms with Crippen LogP contribution in [0.25, 0.3) is 10.9 Å².